The minimum absolute atomic E-state index is 0.0824. The van der Waals surface area contributed by atoms with Gasteiger partial charge in [-0.2, -0.15) is 0 Å². The fourth-order valence-corrected chi connectivity index (χ4v) is 3.94. The van der Waals surface area contributed by atoms with Crippen LogP contribution in [-0.4, -0.2) is 63.8 Å². The summed E-state index contributed by atoms with van der Waals surface area (Å²) in [6, 6.07) is 13.6. The molecule has 0 bridgehead atoms. The molecule has 0 saturated carbocycles. The largest absolute Gasteiger partial charge is 0.497 e. The van der Waals surface area contributed by atoms with Gasteiger partial charge in [0.25, 0.3) is 5.91 Å². The smallest absolute Gasteiger partial charge is 0.250 e. The summed E-state index contributed by atoms with van der Waals surface area (Å²) in [6.45, 7) is 5.54. The van der Waals surface area contributed by atoms with E-state index in [1.807, 2.05) is 42.5 Å². The number of hydrogen-bond donors (Lipinski definition) is 1. The molecule has 4 rings (SSSR count). The number of methoxy groups -OCH3 is 1. The highest BCUT2D eigenvalue weighted by molar-refractivity contribution is 6.30. The first kappa shape index (κ1) is 20.6. The summed E-state index contributed by atoms with van der Waals surface area (Å²) in [5, 5.41) is 3.78. The Bertz CT molecular complexity index is 939. The van der Waals surface area contributed by atoms with E-state index in [1.165, 1.54) is 0 Å². The Hall–Kier alpha value is -2.70. The molecule has 0 aromatic heterocycles. The van der Waals surface area contributed by atoms with Crippen molar-refractivity contribution in [2.45, 2.75) is 0 Å². The van der Waals surface area contributed by atoms with E-state index >= 15 is 0 Å². The second kappa shape index (κ2) is 9.41. The maximum atomic E-state index is 12.5. The number of nitrogens with one attached hydrogen (secondary N) is 1. The molecule has 0 aliphatic carbocycles. The number of amides is 1. The molecular weight excluding hydrogens is 402 g/mol. The van der Waals surface area contributed by atoms with E-state index in [2.05, 4.69) is 21.2 Å². The highest BCUT2D eigenvalue weighted by atomic mass is 35.5. The lowest BCUT2D eigenvalue weighted by Crippen LogP contribution is -2.48. The molecule has 0 unspecified atom stereocenters. The topological polar surface area (TPSA) is 54.0 Å². The second-order valence-corrected chi connectivity index (χ2v) is 7.86. The Kier molecular flexibility index (Phi) is 6.45. The molecule has 2 aromatic rings. The van der Waals surface area contributed by atoms with E-state index in [1.54, 1.807) is 7.11 Å². The number of nitrogens with zero attached hydrogens (tertiary/aromatic N) is 2. The van der Waals surface area contributed by atoms with E-state index in [0.717, 1.165) is 60.5 Å². The molecule has 2 aliphatic heterocycles. The van der Waals surface area contributed by atoms with Crippen molar-refractivity contribution in [2.24, 2.45) is 0 Å². The highest BCUT2D eigenvalue weighted by Gasteiger charge is 2.19. The molecule has 1 N–H and O–H groups in total. The van der Waals surface area contributed by atoms with Crippen LogP contribution in [0.4, 0.5) is 5.69 Å². The van der Waals surface area contributed by atoms with Crippen LogP contribution in [0, 0.1) is 0 Å². The molecule has 0 radical (unpaired) electrons. The van der Waals surface area contributed by atoms with Crippen LogP contribution in [0.1, 0.15) is 5.56 Å². The van der Waals surface area contributed by atoms with Crippen LogP contribution >= 0.6 is 11.6 Å². The molecule has 1 saturated heterocycles. The molecule has 7 heteroatoms. The Labute approximate surface area is 182 Å². The number of fused-ring (bicyclic) bond motifs is 1. The minimum Gasteiger partial charge on any atom is -0.497 e. The maximum Gasteiger partial charge on any atom is 0.250 e. The third-order valence-electron chi connectivity index (χ3n) is 5.48. The van der Waals surface area contributed by atoms with Crippen LogP contribution in [0.15, 0.2) is 48.0 Å². The summed E-state index contributed by atoms with van der Waals surface area (Å²) in [7, 11) is 1.62. The monoisotopic (exact) mass is 427 g/mol. The average molecular weight is 428 g/mol. The number of ether oxygens (including phenoxy) is 2. The van der Waals surface area contributed by atoms with Crippen molar-refractivity contribution in [3.05, 3.63) is 58.6 Å². The van der Waals surface area contributed by atoms with Crippen LogP contribution in [0.25, 0.3) is 6.08 Å². The SMILES string of the molecule is COc1ccc2c(c1)C=C(C(=O)NCCN1CCN(c3cccc(Cl)c3)CC1)CO2. The molecule has 6 nitrogen and oxygen atoms in total. The van der Waals surface area contributed by atoms with Gasteiger partial charge in [-0.15, -0.1) is 0 Å². The first-order chi connectivity index (χ1) is 14.6. The lowest BCUT2D eigenvalue weighted by Gasteiger charge is -2.36. The van der Waals surface area contributed by atoms with Crippen molar-refractivity contribution in [3.8, 4) is 11.5 Å². The summed E-state index contributed by atoms with van der Waals surface area (Å²) >= 11 is 6.10. The zero-order valence-electron chi connectivity index (χ0n) is 17.1. The van der Waals surface area contributed by atoms with Crippen LogP contribution in [-0.2, 0) is 4.79 Å². The van der Waals surface area contributed by atoms with E-state index < -0.39 is 0 Å². The van der Waals surface area contributed by atoms with Gasteiger partial charge >= 0.3 is 0 Å². The molecule has 30 heavy (non-hydrogen) atoms. The number of hydrogen-bond acceptors (Lipinski definition) is 5. The lowest BCUT2D eigenvalue weighted by molar-refractivity contribution is -0.117. The fourth-order valence-electron chi connectivity index (χ4n) is 3.76. The zero-order valence-corrected chi connectivity index (χ0v) is 17.8. The first-order valence-electron chi connectivity index (χ1n) is 10.1. The number of carbonyl (C=O) groups excluding carboxylic acids is 1. The molecule has 2 aromatic carbocycles. The summed E-state index contributed by atoms with van der Waals surface area (Å²) in [4.78, 5) is 17.3. The summed E-state index contributed by atoms with van der Waals surface area (Å²) in [6.07, 6.45) is 1.88. The third-order valence-corrected chi connectivity index (χ3v) is 5.72. The van der Waals surface area contributed by atoms with Crippen molar-refractivity contribution in [1.29, 1.82) is 0 Å². The molecule has 0 atom stereocenters. The van der Waals surface area contributed by atoms with Gasteiger partial charge in [0, 0.05) is 55.5 Å². The lowest BCUT2D eigenvalue weighted by atomic mass is 10.1. The van der Waals surface area contributed by atoms with Crippen molar-refractivity contribution in [1.82, 2.24) is 10.2 Å². The summed E-state index contributed by atoms with van der Waals surface area (Å²) in [5.74, 6) is 1.43. The maximum absolute atomic E-state index is 12.5. The van der Waals surface area contributed by atoms with Crippen LogP contribution < -0.4 is 19.7 Å². The van der Waals surface area contributed by atoms with Gasteiger partial charge in [-0.3, -0.25) is 9.69 Å². The molecule has 158 valence electrons. The molecule has 1 amide bonds. The molecule has 1 fully saturated rings. The Morgan fingerprint density at radius 1 is 1.17 bits per heavy atom. The van der Waals surface area contributed by atoms with Crippen molar-refractivity contribution in [2.75, 3.05) is 57.9 Å². The molecule has 2 aliphatic rings. The van der Waals surface area contributed by atoms with Crippen LogP contribution in [0.2, 0.25) is 5.02 Å². The van der Waals surface area contributed by atoms with Gasteiger partial charge in [0.2, 0.25) is 0 Å². The molecular formula is C23H26ClN3O3. The third kappa shape index (κ3) is 4.89. The summed E-state index contributed by atoms with van der Waals surface area (Å²) < 4.78 is 11.0. The number of halogens is 1. The van der Waals surface area contributed by atoms with Gasteiger partial charge in [-0.05, 0) is 42.5 Å². The van der Waals surface area contributed by atoms with Crippen molar-refractivity contribution >= 4 is 29.3 Å². The zero-order chi connectivity index (χ0) is 20.9. The predicted molar refractivity (Wildman–Crippen MR) is 120 cm³/mol. The van der Waals surface area contributed by atoms with Gasteiger partial charge < -0.3 is 19.7 Å². The normalized spacial score (nSPS) is 16.3. The van der Waals surface area contributed by atoms with Crippen molar-refractivity contribution in [3.63, 3.8) is 0 Å². The van der Waals surface area contributed by atoms with Gasteiger partial charge in [0.05, 0.1) is 12.7 Å². The summed E-state index contributed by atoms with van der Waals surface area (Å²) in [5.41, 5.74) is 2.65. The van der Waals surface area contributed by atoms with E-state index in [4.69, 9.17) is 21.1 Å². The van der Waals surface area contributed by atoms with E-state index in [9.17, 15) is 4.79 Å². The minimum atomic E-state index is -0.0824. The Morgan fingerprint density at radius 2 is 2.00 bits per heavy atom. The second-order valence-electron chi connectivity index (χ2n) is 7.43. The predicted octanol–water partition coefficient (Wildman–Crippen LogP) is 3.06. The fraction of sp³-hybridized carbons (Fsp3) is 0.348. The number of rotatable bonds is 6. The van der Waals surface area contributed by atoms with Crippen LogP contribution in [0.3, 0.4) is 0 Å². The van der Waals surface area contributed by atoms with Crippen molar-refractivity contribution < 1.29 is 14.3 Å². The van der Waals surface area contributed by atoms with Gasteiger partial charge in [-0.25, -0.2) is 0 Å². The van der Waals surface area contributed by atoms with E-state index in [-0.39, 0.29) is 12.5 Å². The number of carbonyl (C=O) groups is 1. The number of anilines is 1. The van der Waals surface area contributed by atoms with E-state index in [0.29, 0.717) is 12.1 Å². The van der Waals surface area contributed by atoms with Gasteiger partial charge in [0.15, 0.2) is 0 Å². The number of piperazine rings is 1. The Balaban J connectivity index is 1.24. The van der Waals surface area contributed by atoms with Gasteiger partial charge in [0.1, 0.15) is 18.1 Å². The van der Waals surface area contributed by atoms with Crippen LogP contribution in [0.5, 0.6) is 11.5 Å². The number of benzene rings is 2. The molecule has 2 heterocycles. The molecule has 0 spiro atoms. The quantitative estimate of drug-likeness (QED) is 0.767. The standard InChI is InChI=1S/C23H26ClN3O3/c1-29-21-5-6-22-17(14-21)13-18(16-30-22)23(28)25-7-8-26-9-11-27(12-10-26)20-4-2-3-19(24)15-20/h2-6,13-15H,7-12,16H2,1H3,(H,25,28). The first-order valence-corrected chi connectivity index (χ1v) is 10.5. The average Bonchev–Trinajstić information content (AvgIpc) is 2.78. The Morgan fingerprint density at radius 3 is 2.77 bits per heavy atom. The highest BCUT2D eigenvalue weighted by Crippen LogP contribution is 2.29. The van der Waals surface area contributed by atoms with Gasteiger partial charge in [-0.1, -0.05) is 17.7 Å².